The van der Waals surface area contributed by atoms with Crippen molar-refractivity contribution in [2.75, 3.05) is 0 Å². The molecular weight excluding hydrogens is 308 g/mol. The van der Waals surface area contributed by atoms with Crippen molar-refractivity contribution in [1.29, 1.82) is 5.26 Å². The molecule has 0 spiro atoms. The van der Waals surface area contributed by atoms with Crippen LogP contribution in [0.3, 0.4) is 0 Å². The summed E-state index contributed by atoms with van der Waals surface area (Å²) in [6, 6.07) is 7.02. The van der Waals surface area contributed by atoms with E-state index in [0.29, 0.717) is 5.56 Å². The molecule has 2 atom stereocenters. The molecule has 0 unspecified atom stereocenters. The Kier molecular flexibility index (Phi) is 6.93. The summed E-state index contributed by atoms with van der Waals surface area (Å²) in [7, 11) is 0. The maximum atomic E-state index is 12.3. The Bertz CT molecular complexity index is 647. The molecule has 0 bridgehead atoms. The topological polar surface area (TPSA) is 125 Å². The third-order valence-electron chi connectivity index (χ3n) is 3.49. The molecule has 1 aromatic carbocycles. The molecule has 0 heterocycles. The second kappa shape index (κ2) is 8.67. The number of primary amides is 1. The Morgan fingerprint density at radius 1 is 1.17 bits per heavy atom. The number of nitriles is 1. The lowest BCUT2D eigenvalue weighted by molar-refractivity contribution is -0.131. The zero-order valence-electron chi connectivity index (χ0n) is 14.0. The molecule has 7 nitrogen and oxygen atoms in total. The van der Waals surface area contributed by atoms with E-state index in [-0.39, 0.29) is 18.2 Å². The van der Waals surface area contributed by atoms with Gasteiger partial charge in [0, 0.05) is 13.3 Å². The zero-order valence-corrected chi connectivity index (χ0v) is 14.0. The van der Waals surface area contributed by atoms with Crippen LogP contribution in [0.1, 0.15) is 31.9 Å². The standard InChI is InChI=1S/C17H22N4O3/c1-10(2)15(20-11(3)22)17(24)21-14(16(19)23)8-12-4-6-13(9-18)7-5-12/h4-7,10,14-15H,8H2,1-3H3,(H2,19,23)(H,20,22)(H,21,24)/t14-,15+/m0/s1. The third kappa shape index (κ3) is 5.72. The number of rotatable bonds is 7. The number of amides is 3. The lowest BCUT2D eigenvalue weighted by Gasteiger charge is -2.24. The van der Waals surface area contributed by atoms with Gasteiger partial charge in [-0.1, -0.05) is 26.0 Å². The minimum absolute atomic E-state index is 0.141. The number of nitrogens with zero attached hydrogens (tertiary/aromatic N) is 1. The first-order chi connectivity index (χ1) is 11.2. The van der Waals surface area contributed by atoms with Gasteiger partial charge in [-0.25, -0.2) is 0 Å². The Balaban J connectivity index is 2.84. The minimum Gasteiger partial charge on any atom is -0.368 e. The van der Waals surface area contributed by atoms with Crippen LogP contribution >= 0.6 is 0 Å². The predicted molar refractivity (Wildman–Crippen MR) is 88.4 cm³/mol. The summed E-state index contributed by atoms with van der Waals surface area (Å²) >= 11 is 0. The molecular formula is C17H22N4O3. The number of hydrogen-bond acceptors (Lipinski definition) is 4. The lowest BCUT2D eigenvalue weighted by Crippen LogP contribution is -2.55. The fourth-order valence-corrected chi connectivity index (χ4v) is 2.19. The Hall–Kier alpha value is -2.88. The van der Waals surface area contributed by atoms with Gasteiger partial charge in [0.05, 0.1) is 11.6 Å². The zero-order chi connectivity index (χ0) is 18.3. The van der Waals surface area contributed by atoms with Crippen molar-refractivity contribution >= 4 is 17.7 Å². The fraction of sp³-hybridized carbons (Fsp3) is 0.412. The molecule has 0 saturated heterocycles. The largest absolute Gasteiger partial charge is 0.368 e. The Labute approximate surface area is 141 Å². The molecule has 24 heavy (non-hydrogen) atoms. The van der Waals surface area contributed by atoms with Crippen molar-refractivity contribution in [3.05, 3.63) is 35.4 Å². The van der Waals surface area contributed by atoms with Gasteiger partial charge < -0.3 is 16.4 Å². The predicted octanol–water partition coefficient (Wildman–Crippen LogP) is 0.232. The number of carbonyl (C=O) groups is 3. The van der Waals surface area contributed by atoms with Crippen LogP contribution in [-0.2, 0) is 20.8 Å². The van der Waals surface area contributed by atoms with Gasteiger partial charge >= 0.3 is 0 Å². The van der Waals surface area contributed by atoms with Crippen molar-refractivity contribution in [3.63, 3.8) is 0 Å². The molecule has 4 N–H and O–H groups in total. The minimum atomic E-state index is -0.902. The molecule has 0 aliphatic carbocycles. The summed E-state index contributed by atoms with van der Waals surface area (Å²) in [6.07, 6.45) is 0.206. The van der Waals surface area contributed by atoms with Crippen molar-refractivity contribution in [2.45, 2.75) is 39.3 Å². The Morgan fingerprint density at radius 3 is 2.17 bits per heavy atom. The van der Waals surface area contributed by atoms with Crippen LogP contribution in [0.4, 0.5) is 0 Å². The normalized spacial score (nSPS) is 12.8. The molecule has 128 valence electrons. The van der Waals surface area contributed by atoms with E-state index in [1.165, 1.54) is 6.92 Å². The second-order valence-electron chi connectivity index (χ2n) is 5.90. The molecule has 0 aromatic heterocycles. The van der Waals surface area contributed by atoms with E-state index < -0.39 is 23.9 Å². The van der Waals surface area contributed by atoms with Crippen LogP contribution in [0.25, 0.3) is 0 Å². The summed E-state index contributed by atoms with van der Waals surface area (Å²) < 4.78 is 0. The summed E-state index contributed by atoms with van der Waals surface area (Å²) in [5.74, 6) is -1.60. The highest BCUT2D eigenvalue weighted by Crippen LogP contribution is 2.08. The number of nitrogens with one attached hydrogen (secondary N) is 2. The van der Waals surface area contributed by atoms with Gasteiger partial charge in [-0.3, -0.25) is 14.4 Å². The van der Waals surface area contributed by atoms with Crippen molar-refractivity contribution in [2.24, 2.45) is 11.7 Å². The van der Waals surface area contributed by atoms with E-state index >= 15 is 0 Å². The lowest BCUT2D eigenvalue weighted by atomic mass is 10.0. The molecule has 0 aliphatic heterocycles. The number of benzene rings is 1. The van der Waals surface area contributed by atoms with Crippen LogP contribution in [-0.4, -0.2) is 29.8 Å². The first-order valence-corrected chi connectivity index (χ1v) is 7.60. The van der Waals surface area contributed by atoms with Crippen molar-refractivity contribution in [1.82, 2.24) is 10.6 Å². The maximum Gasteiger partial charge on any atom is 0.243 e. The quantitative estimate of drug-likeness (QED) is 0.661. The average molecular weight is 330 g/mol. The Morgan fingerprint density at radius 2 is 1.75 bits per heavy atom. The fourth-order valence-electron chi connectivity index (χ4n) is 2.19. The summed E-state index contributed by atoms with van der Waals surface area (Å²) in [5, 5.41) is 13.9. The van der Waals surface area contributed by atoms with Crippen LogP contribution < -0.4 is 16.4 Å². The van der Waals surface area contributed by atoms with E-state index in [0.717, 1.165) is 5.56 Å². The maximum absolute atomic E-state index is 12.3. The number of nitrogens with two attached hydrogens (primary N) is 1. The van der Waals surface area contributed by atoms with Crippen LogP contribution in [0.15, 0.2) is 24.3 Å². The van der Waals surface area contributed by atoms with E-state index in [2.05, 4.69) is 10.6 Å². The SMILES string of the molecule is CC(=O)N[C@@H](C(=O)N[C@@H](Cc1ccc(C#N)cc1)C(N)=O)C(C)C. The van der Waals surface area contributed by atoms with Crippen molar-refractivity contribution < 1.29 is 14.4 Å². The van der Waals surface area contributed by atoms with Gasteiger partial charge in [-0.15, -0.1) is 0 Å². The van der Waals surface area contributed by atoms with E-state index in [1.54, 1.807) is 38.1 Å². The highest BCUT2D eigenvalue weighted by molar-refractivity contribution is 5.91. The van der Waals surface area contributed by atoms with E-state index in [9.17, 15) is 14.4 Å². The van der Waals surface area contributed by atoms with E-state index in [4.69, 9.17) is 11.0 Å². The molecule has 0 aliphatic rings. The number of hydrogen-bond donors (Lipinski definition) is 3. The van der Waals surface area contributed by atoms with Crippen molar-refractivity contribution in [3.8, 4) is 6.07 Å². The van der Waals surface area contributed by atoms with E-state index in [1.807, 2.05) is 6.07 Å². The second-order valence-corrected chi connectivity index (χ2v) is 5.90. The molecule has 1 aromatic rings. The first-order valence-electron chi connectivity index (χ1n) is 7.60. The smallest absolute Gasteiger partial charge is 0.243 e. The van der Waals surface area contributed by atoms with Gasteiger partial charge in [-0.05, 0) is 23.6 Å². The summed E-state index contributed by atoms with van der Waals surface area (Å²) in [4.78, 5) is 35.2. The van der Waals surface area contributed by atoms with Gasteiger partial charge in [-0.2, -0.15) is 5.26 Å². The first kappa shape index (κ1) is 19.2. The molecule has 0 radical (unpaired) electrons. The third-order valence-corrected chi connectivity index (χ3v) is 3.49. The molecule has 1 rings (SSSR count). The van der Waals surface area contributed by atoms with Crippen LogP contribution in [0, 0.1) is 17.2 Å². The summed E-state index contributed by atoms with van der Waals surface area (Å²) in [6.45, 7) is 4.91. The highest BCUT2D eigenvalue weighted by atomic mass is 16.2. The molecule has 0 saturated carbocycles. The van der Waals surface area contributed by atoms with Crippen LogP contribution in [0.2, 0.25) is 0 Å². The van der Waals surface area contributed by atoms with Gasteiger partial charge in [0.25, 0.3) is 0 Å². The monoisotopic (exact) mass is 330 g/mol. The average Bonchev–Trinajstić information content (AvgIpc) is 2.52. The molecule has 3 amide bonds. The van der Waals surface area contributed by atoms with Gasteiger partial charge in [0.15, 0.2) is 0 Å². The highest BCUT2D eigenvalue weighted by Gasteiger charge is 2.27. The number of carbonyl (C=O) groups excluding carboxylic acids is 3. The van der Waals surface area contributed by atoms with Crippen LogP contribution in [0.5, 0.6) is 0 Å². The molecule has 0 fully saturated rings. The van der Waals surface area contributed by atoms with Gasteiger partial charge in [0.2, 0.25) is 17.7 Å². The van der Waals surface area contributed by atoms with Gasteiger partial charge in [0.1, 0.15) is 12.1 Å². The summed E-state index contributed by atoms with van der Waals surface area (Å²) in [5.41, 5.74) is 6.64. The molecule has 7 heteroatoms.